The number of halogens is 1. The lowest BCUT2D eigenvalue weighted by Gasteiger charge is -2.25. The van der Waals surface area contributed by atoms with Crippen molar-refractivity contribution in [2.24, 2.45) is 0 Å². The van der Waals surface area contributed by atoms with Crippen LogP contribution in [0.25, 0.3) is 0 Å². The molecule has 1 unspecified atom stereocenters. The number of para-hydroxylation sites is 1. The van der Waals surface area contributed by atoms with Gasteiger partial charge in [-0.25, -0.2) is 13.8 Å². The molecule has 37 heavy (non-hydrogen) atoms. The maximum absolute atomic E-state index is 15.7. The van der Waals surface area contributed by atoms with Gasteiger partial charge in [0.25, 0.3) is 0 Å². The second-order valence-electron chi connectivity index (χ2n) is 8.87. The molecule has 202 valence electrons. The number of ether oxygens (including phenoxy) is 3. The van der Waals surface area contributed by atoms with E-state index in [-0.39, 0.29) is 24.7 Å². The highest BCUT2D eigenvalue weighted by atomic mass is 31.2. The maximum Gasteiger partial charge on any atom is 0.459 e. The van der Waals surface area contributed by atoms with Gasteiger partial charge in [0.1, 0.15) is 24.0 Å². The molecule has 0 spiro atoms. The number of esters is 1. The monoisotopic (exact) mass is 541 g/mol. The number of aromatic nitrogens is 2. The Bertz CT molecular complexity index is 1200. The average Bonchev–Trinajstić information content (AvgIpc) is 3.09. The number of alkyl halides is 1. The smallest absolute Gasteiger partial charge is 0.459 e. The van der Waals surface area contributed by atoms with Crippen LogP contribution in [0.5, 0.6) is 11.5 Å². The van der Waals surface area contributed by atoms with Crippen molar-refractivity contribution in [2.75, 3.05) is 19.8 Å². The predicted octanol–water partition coefficient (Wildman–Crippen LogP) is 2.13. The van der Waals surface area contributed by atoms with Crippen LogP contribution in [0.3, 0.4) is 0 Å². The van der Waals surface area contributed by atoms with Gasteiger partial charge in [-0.15, -0.1) is 0 Å². The average molecular weight is 541 g/mol. The largest absolute Gasteiger partial charge is 0.490 e. The predicted molar refractivity (Wildman–Crippen MR) is 127 cm³/mol. The number of carbonyl (C=O) groups excluding carboxylic acids is 1. The van der Waals surface area contributed by atoms with Crippen LogP contribution in [0.4, 0.5) is 4.39 Å². The number of aliphatic hydroxyl groups is 1. The van der Waals surface area contributed by atoms with Crippen LogP contribution in [0.15, 0.2) is 47.5 Å². The van der Waals surface area contributed by atoms with E-state index in [9.17, 15) is 19.3 Å². The molecule has 6 atom stereocenters. The van der Waals surface area contributed by atoms with Crippen LogP contribution in [-0.4, -0.2) is 64.4 Å². The third kappa shape index (κ3) is 6.36. The Morgan fingerprint density at radius 3 is 2.65 bits per heavy atom. The first-order valence-corrected chi connectivity index (χ1v) is 13.3. The number of aliphatic hydroxyl groups excluding tert-OH is 1. The summed E-state index contributed by atoms with van der Waals surface area (Å²) in [7, 11) is -4.27. The molecule has 0 amide bonds. The Labute approximate surface area is 212 Å². The number of benzene rings is 1. The molecule has 4 rings (SSSR count). The van der Waals surface area contributed by atoms with E-state index in [0.717, 1.165) is 11.5 Å². The van der Waals surface area contributed by atoms with Crippen LogP contribution in [-0.2, 0) is 23.4 Å². The van der Waals surface area contributed by atoms with E-state index < -0.39 is 56.2 Å². The summed E-state index contributed by atoms with van der Waals surface area (Å²) in [6.07, 6.45) is -1.31. The van der Waals surface area contributed by atoms with Crippen molar-refractivity contribution in [3.8, 4) is 11.5 Å². The van der Waals surface area contributed by atoms with Crippen molar-refractivity contribution < 1.29 is 42.1 Å². The van der Waals surface area contributed by atoms with Crippen LogP contribution >= 0.6 is 7.75 Å². The number of hydrogen-bond donors (Lipinski definition) is 2. The fourth-order valence-corrected chi connectivity index (χ4v) is 5.37. The fourth-order valence-electron chi connectivity index (χ4n) is 3.87. The molecule has 12 nitrogen and oxygen atoms in total. The van der Waals surface area contributed by atoms with Crippen LogP contribution in [0, 0.1) is 0 Å². The zero-order valence-electron chi connectivity index (χ0n) is 20.3. The Hall–Kier alpha value is -2.83. The van der Waals surface area contributed by atoms with Crippen LogP contribution in [0.1, 0.15) is 32.9 Å². The Balaban J connectivity index is 1.64. The summed E-state index contributed by atoms with van der Waals surface area (Å²) in [6, 6.07) is 6.99. The molecule has 0 radical (unpaired) electrons. The minimum atomic E-state index is -4.27. The van der Waals surface area contributed by atoms with Gasteiger partial charge in [-0.1, -0.05) is 18.2 Å². The Morgan fingerprint density at radius 2 is 1.92 bits per heavy atom. The molecule has 2 N–H and O–H groups in total. The second-order valence-corrected chi connectivity index (χ2v) is 10.6. The minimum Gasteiger partial charge on any atom is -0.490 e. The lowest BCUT2D eigenvalue weighted by molar-refractivity contribution is -0.145. The van der Waals surface area contributed by atoms with Crippen molar-refractivity contribution in [3.05, 3.63) is 53.2 Å². The third-order valence-electron chi connectivity index (χ3n) is 5.89. The SMILES string of the molecule is C[C@H]1NP(=O)(Oc2ccccc2)OC[C@H]2O[C@@H](n3cc(cnc3=O)OCCCCOC1=O)[C@](C)(F)[C@@H]2O. The molecule has 1 fully saturated rings. The lowest BCUT2D eigenvalue weighted by Crippen LogP contribution is -2.43. The molecule has 14 heteroatoms. The molecule has 4 bridgehead atoms. The molecule has 2 aliphatic heterocycles. The normalized spacial score (nSPS) is 33.5. The van der Waals surface area contributed by atoms with Crippen molar-refractivity contribution >= 4 is 13.7 Å². The summed E-state index contributed by atoms with van der Waals surface area (Å²) in [5, 5.41) is 13.2. The van der Waals surface area contributed by atoms with Gasteiger partial charge in [0.05, 0.1) is 32.2 Å². The van der Waals surface area contributed by atoms with Gasteiger partial charge in [-0.2, -0.15) is 10.1 Å². The van der Waals surface area contributed by atoms with Gasteiger partial charge in [0, 0.05) is 0 Å². The maximum atomic E-state index is 15.7. The van der Waals surface area contributed by atoms with Crippen LogP contribution in [0.2, 0.25) is 0 Å². The molecular weight excluding hydrogens is 512 g/mol. The molecule has 0 saturated carbocycles. The highest BCUT2D eigenvalue weighted by Crippen LogP contribution is 2.47. The number of nitrogens with one attached hydrogen (secondary N) is 1. The summed E-state index contributed by atoms with van der Waals surface area (Å²) in [5.41, 5.74) is -3.26. The van der Waals surface area contributed by atoms with Gasteiger partial charge in [0.15, 0.2) is 17.6 Å². The van der Waals surface area contributed by atoms with E-state index in [2.05, 4.69) is 10.1 Å². The molecule has 1 aromatic heterocycles. The highest BCUT2D eigenvalue weighted by molar-refractivity contribution is 7.52. The van der Waals surface area contributed by atoms with E-state index in [4.69, 9.17) is 23.3 Å². The molecule has 2 aliphatic rings. The number of cyclic esters (lactones) is 1. The lowest BCUT2D eigenvalue weighted by atomic mass is 9.98. The van der Waals surface area contributed by atoms with E-state index >= 15 is 4.39 Å². The van der Waals surface area contributed by atoms with Crippen molar-refractivity contribution in [2.45, 2.75) is 56.8 Å². The number of fused-ring (bicyclic) bond motifs is 5. The van der Waals surface area contributed by atoms with Gasteiger partial charge in [0.2, 0.25) is 0 Å². The minimum absolute atomic E-state index is 0.0844. The summed E-state index contributed by atoms with van der Waals surface area (Å²) < 4.78 is 57.8. The highest BCUT2D eigenvalue weighted by Gasteiger charge is 2.56. The number of rotatable bonds is 2. The number of carbonyl (C=O) groups is 1. The summed E-state index contributed by atoms with van der Waals surface area (Å²) in [5.74, 6) is -0.325. The van der Waals surface area contributed by atoms with Crippen molar-refractivity contribution in [3.63, 3.8) is 0 Å². The van der Waals surface area contributed by atoms with E-state index in [1.807, 2.05) is 0 Å². The standard InChI is InChI=1S/C23H29FN3O9P/c1-15-20(29)33-11-7-6-10-32-17-12-25-22(30)27(13-17)21-23(2,24)19(28)18(35-21)14-34-37(31,26-15)36-16-8-4-3-5-9-16/h3-5,8-9,12-13,15,18-19,21,28H,6-7,10-11,14H2,1-2H3,(H,26,31)/t15-,18-,19-,21-,23-,37?/m1/s1. The number of hydrogen-bond acceptors (Lipinski definition) is 10. The summed E-state index contributed by atoms with van der Waals surface area (Å²) in [4.78, 5) is 28.6. The van der Waals surface area contributed by atoms with Gasteiger partial charge >= 0.3 is 19.4 Å². The molecule has 0 aliphatic carbocycles. The first kappa shape index (κ1) is 27.2. The third-order valence-corrected chi connectivity index (χ3v) is 7.54. The zero-order valence-corrected chi connectivity index (χ0v) is 21.2. The van der Waals surface area contributed by atoms with E-state index in [1.165, 1.54) is 31.5 Å². The molecule has 1 aromatic carbocycles. The number of nitrogens with zero attached hydrogens (tertiary/aromatic N) is 2. The Kier molecular flexibility index (Phi) is 8.29. The van der Waals surface area contributed by atoms with Gasteiger partial charge < -0.3 is 23.8 Å². The first-order valence-electron chi connectivity index (χ1n) is 11.8. The summed E-state index contributed by atoms with van der Waals surface area (Å²) >= 11 is 0. The molecule has 3 heterocycles. The molecular formula is C23H29FN3O9P. The van der Waals surface area contributed by atoms with E-state index in [1.54, 1.807) is 18.2 Å². The fraction of sp³-hybridized carbons (Fsp3) is 0.522. The second kappa shape index (κ2) is 11.3. The van der Waals surface area contributed by atoms with Crippen molar-refractivity contribution in [1.82, 2.24) is 14.6 Å². The quantitative estimate of drug-likeness (QED) is 0.426. The zero-order chi connectivity index (χ0) is 26.6. The van der Waals surface area contributed by atoms with E-state index in [0.29, 0.717) is 12.8 Å². The van der Waals surface area contributed by atoms with Crippen molar-refractivity contribution in [1.29, 1.82) is 0 Å². The summed E-state index contributed by atoms with van der Waals surface area (Å²) in [6.45, 7) is 2.19. The first-order chi connectivity index (χ1) is 17.6. The topological polar surface area (TPSA) is 147 Å². The molecule has 1 saturated heterocycles. The van der Waals surface area contributed by atoms with Gasteiger partial charge in [-0.05, 0) is 38.8 Å². The molecule has 2 aromatic rings. The van der Waals surface area contributed by atoms with Crippen LogP contribution < -0.4 is 20.0 Å². The Morgan fingerprint density at radius 1 is 1.22 bits per heavy atom. The van der Waals surface area contributed by atoms with Gasteiger partial charge in [-0.3, -0.25) is 13.9 Å².